The molecule has 2 atom stereocenters. The van der Waals surface area contributed by atoms with Gasteiger partial charge >= 0.3 is 0 Å². The number of hydrogen-bond donors (Lipinski definition) is 2. The fourth-order valence-electron chi connectivity index (χ4n) is 2.70. The van der Waals surface area contributed by atoms with Crippen LogP contribution in [0.4, 0.5) is 0 Å². The van der Waals surface area contributed by atoms with Crippen molar-refractivity contribution < 1.29 is 4.74 Å². The summed E-state index contributed by atoms with van der Waals surface area (Å²) in [7, 11) is 1.71. The van der Waals surface area contributed by atoms with Gasteiger partial charge in [-0.3, -0.25) is 0 Å². The third-order valence-electron chi connectivity index (χ3n) is 3.74. The topological polar surface area (TPSA) is 47.3 Å². The molecule has 1 aromatic rings. The molecule has 0 saturated carbocycles. The lowest BCUT2D eigenvalue weighted by Crippen LogP contribution is -2.36. The number of nitrogens with two attached hydrogens (primary N) is 1. The number of methoxy groups -OCH3 is 1. The number of benzene rings is 1. The zero-order valence-corrected chi connectivity index (χ0v) is 11.4. The van der Waals surface area contributed by atoms with E-state index in [0.29, 0.717) is 6.04 Å². The van der Waals surface area contributed by atoms with Crippen molar-refractivity contribution in [1.82, 2.24) is 5.32 Å². The van der Waals surface area contributed by atoms with Crippen LogP contribution in [0.25, 0.3) is 0 Å². The number of nitrogens with one attached hydrogen (secondary N) is 1. The van der Waals surface area contributed by atoms with Gasteiger partial charge in [0, 0.05) is 17.6 Å². The zero-order valence-electron chi connectivity index (χ0n) is 11.4. The van der Waals surface area contributed by atoms with E-state index >= 15 is 0 Å². The molecule has 1 aromatic carbocycles. The molecule has 3 nitrogen and oxygen atoms in total. The van der Waals surface area contributed by atoms with Gasteiger partial charge in [-0.05, 0) is 38.8 Å². The van der Waals surface area contributed by atoms with Gasteiger partial charge in [-0.1, -0.05) is 24.1 Å². The first-order valence-corrected chi connectivity index (χ1v) is 6.84. The van der Waals surface area contributed by atoms with Crippen LogP contribution in [0.2, 0.25) is 0 Å². The Kier molecular flexibility index (Phi) is 4.61. The quantitative estimate of drug-likeness (QED) is 0.861. The zero-order chi connectivity index (χ0) is 13.0. The largest absolute Gasteiger partial charge is 0.496 e. The van der Waals surface area contributed by atoms with Gasteiger partial charge < -0.3 is 15.8 Å². The Morgan fingerprint density at radius 3 is 2.94 bits per heavy atom. The van der Waals surface area contributed by atoms with Crippen molar-refractivity contribution in [3.63, 3.8) is 0 Å². The Morgan fingerprint density at radius 1 is 1.44 bits per heavy atom. The smallest absolute Gasteiger partial charge is 0.123 e. The fraction of sp³-hybridized carbons (Fsp3) is 0.600. The van der Waals surface area contributed by atoms with Gasteiger partial charge in [0.05, 0.1) is 7.11 Å². The van der Waals surface area contributed by atoms with Gasteiger partial charge in [0.1, 0.15) is 5.75 Å². The lowest BCUT2D eigenvalue weighted by atomic mass is 9.93. The average Bonchev–Trinajstić information content (AvgIpc) is 2.40. The van der Waals surface area contributed by atoms with E-state index in [9.17, 15) is 0 Å². The van der Waals surface area contributed by atoms with Gasteiger partial charge in [0.15, 0.2) is 0 Å². The Hall–Kier alpha value is -1.06. The molecule has 100 valence electrons. The van der Waals surface area contributed by atoms with Crippen molar-refractivity contribution >= 4 is 0 Å². The minimum Gasteiger partial charge on any atom is -0.496 e. The maximum atomic E-state index is 6.35. The second-order valence-electron chi connectivity index (χ2n) is 5.23. The summed E-state index contributed by atoms with van der Waals surface area (Å²) in [5, 5.41) is 3.55. The standard InChI is InChI=1S/C15H24N2O/c1-11-6-7-15(18-2)13(9-11)14(16)10-12-5-3-4-8-17-12/h6-7,9,12,14,17H,3-5,8,10,16H2,1-2H3. The number of piperidine rings is 1. The highest BCUT2D eigenvalue weighted by Gasteiger charge is 2.19. The van der Waals surface area contributed by atoms with Gasteiger partial charge in [0.25, 0.3) is 0 Å². The summed E-state index contributed by atoms with van der Waals surface area (Å²) < 4.78 is 5.41. The molecule has 1 aliphatic rings. The molecule has 0 aliphatic carbocycles. The van der Waals surface area contributed by atoms with E-state index in [4.69, 9.17) is 10.5 Å². The Bertz CT molecular complexity index is 386. The molecule has 2 rings (SSSR count). The van der Waals surface area contributed by atoms with E-state index in [2.05, 4.69) is 24.4 Å². The van der Waals surface area contributed by atoms with Crippen LogP contribution in [0.5, 0.6) is 5.75 Å². The number of ether oxygens (including phenoxy) is 1. The highest BCUT2D eigenvalue weighted by Crippen LogP contribution is 2.28. The molecule has 0 spiro atoms. The third-order valence-corrected chi connectivity index (χ3v) is 3.74. The number of aryl methyl sites for hydroxylation is 1. The normalized spacial score (nSPS) is 21.6. The molecule has 0 aromatic heterocycles. The molecule has 18 heavy (non-hydrogen) atoms. The Labute approximate surface area is 110 Å². The summed E-state index contributed by atoms with van der Waals surface area (Å²) in [6.45, 7) is 3.22. The van der Waals surface area contributed by atoms with Crippen molar-refractivity contribution in [1.29, 1.82) is 0 Å². The first-order valence-electron chi connectivity index (χ1n) is 6.84. The molecule has 3 N–H and O–H groups in total. The predicted octanol–water partition coefficient (Wildman–Crippen LogP) is 2.54. The molecular formula is C15H24N2O. The van der Waals surface area contributed by atoms with Crippen LogP contribution < -0.4 is 15.8 Å². The van der Waals surface area contributed by atoms with Crippen molar-refractivity contribution in [2.45, 2.75) is 44.7 Å². The lowest BCUT2D eigenvalue weighted by Gasteiger charge is -2.27. The third kappa shape index (κ3) is 3.24. The fourth-order valence-corrected chi connectivity index (χ4v) is 2.70. The lowest BCUT2D eigenvalue weighted by molar-refractivity contribution is 0.354. The SMILES string of the molecule is COc1ccc(C)cc1C(N)CC1CCCCN1. The first kappa shape index (κ1) is 13.4. The van der Waals surface area contributed by atoms with Crippen LogP contribution >= 0.6 is 0 Å². The summed E-state index contributed by atoms with van der Waals surface area (Å²) in [5.41, 5.74) is 8.71. The van der Waals surface area contributed by atoms with E-state index in [1.54, 1.807) is 7.11 Å². The van der Waals surface area contributed by atoms with E-state index in [1.807, 2.05) is 6.07 Å². The molecule has 0 amide bonds. The molecule has 1 saturated heterocycles. The highest BCUT2D eigenvalue weighted by molar-refractivity contribution is 5.39. The first-order chi connectivity index (χ1) is 8.70. The molecule has 1 heterocycles. The number of hydrogen-bond acceptors (Lipinski definition) is 3. The van der Waals surface area contributed by atoms with Crippen LogP contribution in [0, 0.1) is 6.92 Å². The number of rotatable bonds is 4. The molecule has 2 unspecified atom stereocenters. The minimum absolute atomic E-state index is 0.0513. The van der Waals surface area contributed by atoms with Gasteiger partial charge in [-0.2, -0.15) is 0 Å². The highest BCUT2D eigenvalue weighted by atomic mass is 16.5. The second kappa shape index (κ2) is 6.21. The van der Waals surface area contributed by atoms with Gasteiger partial charge in [-0.25, -0.2) is 0 Å². The van der Waals surface area contributed by atoms with Crippen LogP contribution in [-0.2, 0) is 0 Å². The van der Waals surface area contributed by atoms with E-state index in [0.717, 1.165) is 24.3 Å². The monoisotopic (exact) mass is 248 g/mol. The maximum Gasteiger partial charge on any atom is 0.123 e. The molecule has 1 aliphatic heterocycles. The maximum absolute atomic E-state index is 6.35. The Balaban J connectivity index is 2.07. The summed E-state index contributed by atoms with van der Waals surface area (Å²) in [6, 6.07) is 6.83. The molecular weight excluding hydrogens is 224 g/mol. The molecule has 0 bridgehead atoms. The average molecular weight is 248 g/mol. The van der Waals surface area contributed by atoms with Crippen molar-refractivity contribution in [2.24, 2.45) is 5.73 Å². The Morgan fingerprint density at radius 2 is 2.28 bits per heavy atom. The summed E-state index contributed by atoms with van der Waals surface area (Å²) in [6.07, 6.45) is 4.83. The second-order valence-corrected chi connectivity index (χ2v) is 5.23. The van der Waals surface area contributed by atoms with Crippen molar-refractivity contribution in [2.75, 3.05) is 13.7 Å². The van der Waals surface area contributed by atoms with E-state index in [-0.39, 0.29) is 6.04 Å². The molecule has 0 radical (unpaired) electrons. The van der Waals surface area contributed by atoms with Crippen LogP contribution in [0.15, 0.2) is 18.2 Å². The van der Waals surface area contributed by atoms with Gasteiger partial charge in [0.2, 0.25) is 0 Å². The van der Waals surface area contributed by atoms with Crippen LogP contribution in [0.3, 0.4) is 0 Å². The molecule has 1 fully saturated rings. The predicted molar refractivity (Wildman–Crippen MR) is 74.9 cm³/mol. The van der Waals surface area contributed by atoms with Crippen LogP contribution in [-0.4, -0.2) is 19.7 Å². The van der Waals surface area contributed by atoms with Crippen LogP contribution in [0.1, 0.15) is 42.9 Å². The summed E-state index contributed by atoms with van der Waals surface area (Å²) in [4.78, 5) is 0. The van der Waals surface area contributed by atoms with E-state index in [1.165, 1.54) is 24.8 Å². The van der Waals surface area contributed by atoms with E-state index < -0.39 is 0 Å². The van der Waals surface area contributed by atoms with Crippen molar-refractivity contribution in [3.05, 3.63) is 29.3 Å². The minimum atomic E-state index is 0.0513. The molecule has 3 heteroatoms. The van der Waals surface area contributed by atoms with Crippen molar-refractivity contribution in [3.8, 4) is 5.75 Å². The van der Waals surface area contributed by atoms with Gasteiger partial charge in [-0.15, -0.1) is 0 Å². The summed E-state index contributed by atoms with van der Waals surface area (Å²) >= 11 is 0. The summed E-state index contributed by atoms with van der Waals surface area (Å²) in [5.74, 6) is 0.906.